The summed E-state index contributed by atoms with van der Waals surface area (Å²) in [6.45, 7) is 0. The van der Waals surface area contributed by atoms with Gasteiger partial charge in [0, 0.05) is 0 Å². The van der Waals surface area contributed by atoms with Crippen molar-refractivity contribution in [1.29, 1.82) is 0 Å². The molecule has 0 aromatic carbocycles. The van der Waals surface area contributed by atoms with Gasteiger partial charge in [-0.25, -0.2) is 0 Å². The summed E-state index contributed by atoms with van der Waals surface area (Å²) in [5.74, 6) is -0.233. The maximum Gasteiger partial charge on any atom is 0.213 e. The van der Waals surface area contributed by atoms with Gasteiger partial charge in [0.1, 0.15) is 5.76 Å². The third-order valence-corrected chi connectivity index (χ3v) is 1.22. The molecule has 0 aliphatic carbocycles. The van der Waals surface area contributed by atoms with Gasteiger partial charge in [-0.15, -0.1) is 0 Å². The van der Waals surface area contributed by atoms with E-state index in [1.54, 1.807) is 12.1 Å². The third kappa shape index (κ3) is 2.18. The SMILES string of the molecule is O=C(Cc1ccco1)C(O)O. The predicted octanol–water partition coefficient (Wildman–Crippen LogP) is -0.298. The molecule has 0 saturated carbocycles. The highest BCUT2D eigenvalue weighted by Gasteiger charge is 2.12. The number of rotatable bonds is 3. The van der Waals surface area contributed by atoms with E-state index in [0.29, 0.717) is 5.76 Å². The summed E-state index contributed by atoms with van der Waals surface area (Å²) in [5.41, 5.74) is 0. The molecule has 0 unspecified atom stereocenters. The van der Waals surface area contributed by atoms with Gasteiger partial charge in [0.25, 0.3) is 0 Å². The quantitative estimate of drug-likeness (QED) is 0.589. The average molecular weight is 156 g/mol. The van der Waals surface area contributed by atoms with Crippen LogP contribution < -0.4 is 0 Å². The zero-order valence-electron chi connectivity index (χ0n) is 5.73. The number of hydrogen-bond acceptors (Lipinski definition) is 4. The van der Waals surface area contributed by atoms with Crippen molar-refractivity contribution in [3.05, 3.63) is 24.2 Å². The standard InChI is InChI=1S/C7H8O4/c8-6(7(9)10)4-5-2-1-3-11-5/h1-3,7,9-10H,4H2. The maximum absolute atomic E-state index is 10.7. The maximum atomic E-state index is 10.7. The normalized spacial score (nSPS) is 10.5. The molecule has 0 bridgehead atoms. The zero-order chi connectivity index (χ0) is 8.27. The number of aliphatic hydroxyl groups is 2. The summed E-state index contributed by atoms with van der Waals surface area (Å²) in [7, 11) is 0. The van der Waals surface area contributed by atoms with Crippen molar-refractivity contribution in [2.24, 2.45) is 0 Å². The van der Waals surface area contributed by atoms with Crippen LogP contribution in [0, 0.1) is 0 Å². The number of furan rings is 1. The molecule has 4 heteroatoms. The minimum Gasteiger partial charge on any atom is -0.469 e. The number of carbonyl (C=O) groups excluding carboxylic acids is 1. The van der Waals surface area contributed by atoms with Gasteiger partial charge in [-0.1, -0.05) is 0 Å². The molecule has 2 N–H and O–H groups in total. The van der Waals surface area contributed by atoms with Crippen LogP contribution in [0.25, 0.3) is 0 Å². The van der Waals surface area contributed by atoms with Gasteiger partial charge in [-0.05, 0) is 12.1 Å². The second-order valence-corrected chi connectivity index (χ2v) is 2.10. The van der Waals surface area contributed by atoms with Crippen molar-refractivity contribution in [3.63, 3.8) is 0 Å². The number of aliphatic hydroxyl groups excluding tert-OH is 1. The fourth-order valence-electron chi connectivity index (χ4n) is 0.676. The molecule has 0 radical (unpaired) electrons. The van der Waals surface area contributed by atoms with E-state index in [0.717, 1.165) is 0 Å². The molecule has 0 amide bonds. The molecule has 1 rings (SSSR count). The smallest absolute Gasteiger partial charge is 0.213 e. The first-order valence-corrected chi connectivity index (χ1v) is 3.11. The largest absolute Gasteiger partial charge is 0.469 e. The van der Waals surface area contributed by atoms with Crippen LogP contribution in [0.2, 0.25) is 0 Å². The molecule has 0 spiro atoms. The fourth-order valence-corrected chi connectivity index (χ4v) is 0.676. The molecular formula is C7H8O4. The Morgan fingerprint density at radius 1 is 1.64 bits per heavy atom. The lowest BCUT2D eigenvalue weighted by Crippen LogP contribution is -2.20. The van der Waals surface area contributed by atoms with Crippen LogP contribution in [0.5, 0.6) is 0 Å². The number of Topliss-reactive ketones (excluding diaryl/α,β-unsaturated/α-hetero) is 1. The van der Waals surface area contributed by atoms with E-state index in [-0.39, 0.29) is 6.42 Å². The van der Waals surface area contributed by atoms with Crippen molar-refractivity contribution in [2.45, 2.75) is 12.7 Å². The summed E-state index contributed by atoms with van der Waals surface area (Å²) >= 11 is 0. The van der Waals surface area contributed by atoms with Gasteiger partial charge in [0.2, 0.25) is 6.29 Å². The fraction of sp³-hybridized carbons (Fsp3) is 0.286. The lowest BCUT2D eigenvalue weighted by molar-refractivity contribution is -0.144. The minimum atomic E-state index is -1.90. The molecule has 0 fully saturated rings. The molecule has 11 heavy (non-hydrogen) atoms. The summed E-state index contributed by atoms with van der Waals surface area (Å²) in [4.78, 5) is 10.7. The van der Waals surface area contributed by atoms with Crippen LogP contribution in [0.1, 0.15) is 5.76 Å². The van der Waals surface area contributed by atoms with Crippen molar-refractivity contribution in [2.75, 3.05) is 0 Å². The highest BCUT2D eigenvalue weighted by molar-refractivity contribution is 5.82. The van der Waals surface area contributed by atoms with E-state index in [9.17, 15) is 4.79 Å². The lowest BCUT2D eigenvalue weighted by atomic mass is 10.2. The van der Waals surface area contributed by atoms with Crippen LogP contribution in [-0.4, -0.2) is 22.3 Å². The molecule has 1 aromatic rings. The molecule has 0 saturated heterocycles. The average Bonchev–Trinajstić information content (AvgIpc) is 2.39. The Kier molecular flexibility index (Phi) is 2.40. The van der Waals surface area contributed by atoms with Crippen molar-refractivity contribution in [3.8, 4) is 0 Å². The Morgan fingerprint density at radius 2 is 2.36 bits per heavy atom. The van der Waals surface area contributed by atoms with Crippen LogP contribution in [0.15, 0.2) is 22.8 Å². The van der Waals surface area contributed by atoms with Crippen LogP contribution in [0.3, 0.4) is 0 Å². The summed E-state index contributed by atoms with van der Waals surface area (Å²) in [5, 5.41) is 16.8. The molecule has 0 aliphatic heterocycles. The second-order valence-electron chi connectivity index (χ2n) is 2.10. The Labute approximate surface area is 63.1 Å². The van der Waals surface area contributed by atoms with E-state index in [1.165, 1.54) is 6.26 Å². The summed E-state index contributed by atoms with van der Waals surface area (Å²) in [6.07, 6.45) is -0.558. The van der Waals surface area contributed by atoms with Gasteiger partial charge in [-0.2, -0.15) is 0 Å². The molecule has 1 heterocycles. The number of carbonyl (C=O) groups is 1. The number of ketones is 1. The van der Waals surface area contributed by atoms with Crippen LogP contribution in [-0.2, 0) is 11.2 Å². The van der Waals surface area contributed by atoms with Crippen LogP contribution in [0.4, 0.5) is 0 Å². The van der Waals surface area contributed by atoms with E-state index in [2.05, 4.69) is 0 Å². The first-order valence-electron chi connectivity index (χ1n) is 3.11. The molecule has 0 atom stereocenters. The van der Waals surface area contributed by atoms with E-state index < -0.39 is 12.1 Å². The topological polar surface area (TPSA) is 70.7 Å². The highest BCUT2D eigenvalue weighted by atomic mass is 16.5. The third-order valence-electron chi connectivity index (χ3n) is 1.22. The Hall–Kier alpha value is -1.13. The van der Waals surface area contributed by atoms with Gasteiger partial charge in [0.05, 0.1) is 12.7 Å². The Balaban J connectivity index is 2.50. The Morgan fingerprint density at radius 3 is 2.82 bits per heavy atom. The van der Waals surface area contributed by atoms with E-state index >= 15 is 0 Å². The summed E-state index contributed by atoms with van der Waals surface area (Å²) in [6, 6.07) is 3.23. The van der Waals surface area contributed by atoms with Gasteiger partial charge in [-0.3, -0.25) is 4.79 Å². The minimum absolute atomic E-state index is 0.0787. The monoisotopic (exact) mass is 156 g/mol. The Bertz CT molecular complexity index is 225. The molecule has 1 aromatic heterocycles. The van der Waals surface area contributed by atoms with Gasteiger partial charge < -0.3 is 14.6 Å². The first-order chi connectivity index (χ1) is 5.20. The molecule has 0 aliphatic rings. The predicted molar refractivity (Wildman–Crippen MR) is 35.6 cm³/mol. The summed E-state index contributed by atoms with van der Waals surface area (Å²) < 4.78 is 4.81. The van der Waals surface area contributed by atoms with Crippen molar-refractivity contribution >= 4 is 5.78 Å². The van der Waals surface area contributed by atoms with E-state index in [4.69, 9.17) is 14.6 Å². The molecular weight excluding hydrogens is 148 g/mol. The van der Waals surface area contributed by atoms with E-state index in [1.807, 2.05) is 0 Å². The zero-order valence-corrected chi connectivity index (χ0v) is 5.73. The van der Waals surface area contributed by atoms with Crippen molar-refractivity contribution < 1.29 is 19.4 Å². The van der Waals surface area contributed by atoms with Crippen LogP contribution >= 0.6 is 0 Å². The highest BCUT2D eigenvalue weighted by Crippen LogP contribution is 2.02. The number of hydrogen-bond donors (Lipinski definition) is 2. The first kappa shape index (κ1) is 7.97. The van der Waals surface area contributed by atoms with Gasteiger partial charge in [0.15, 0.2) is 5.78 Å². The van der Waals surface area contributed by atoms with Crippen molar-refractivity contribution in [1.82, 2.24) is 0 Å². The van der Waals surface area contributed by atoms with Gasteiger partial charge >= 0.3 is 0 Å². The lowest BCUT2D eigenvalue weighted by Gasteiger charge is -1.98. The second kappa shape index (κ2) is 3.32. The molecule has 4 nitrogen and oxygen atoms in total. The molecule has 60 valence electrons.